The molecule has 0 bridgehead atoms. The third-order valence-corrected chi connectivity index (χ3v) is 4.09. The van der Waals surface area contributed by atoms with Gasteiger partial charge >= 0.3 is 5.97 Å². The maximum Gasteiger partial charge on any atom is 0.323 e. The molecule has 0 radical (unpaired) electrons. The summed E-state index contributed by atoms with van der Waals surface area (Å²) in [6, 6.07) is 0. The monoisotopic (exact) mass is 257 g/mol. The van der Waals surface area contributed by atoms with Crippen molar-refractivity contribution in [3.63, 3.8) is 0 Å². The van der Waals surface area contributed by atoms with Crippen LogP contribution < -0.4 is 5.32 Å². The largest absolute Gasteiger partial charge is 0.480 e. The summed E-state index contributed by atoms with van der Waals surface area (Å²) in [5, 5.41) is 12.1. The Labute approximate surface area is 110 Å². The first kappa shape index (κ1) is 15.4. The minimum Gasteiger partial charge on any atom is -0.480 e. The molecule has 18 heavy (non-hydrogen) atoms. The molecule has 2 N–H and O–H groups in total. The van der Waals surface area contributed by atoms with E-state index in [4.69, 9.17) is 5.11 Å². The average Bonchev–Trinajstić information content (AvgIpc) is 2.39. The van der Waals surface area contributed by atoms with Crippen molar-refractivity contribution in [1.82, 2.24) is 15.1 Å². The molecule has 1 aliphatic rings. The van der Waals surface area contributed by atoms with Gasteiger partial charge in [-0.1, -0.05) is 6.92 Å². The van der Waals surface area contributed by atoms with Crippen molar-refractivity contribution in [3.8, 4) is 0 Å². The highest BCUT2D eigenvalue weighted by molar-refractivity contribution is 5.78. The van der Waals surface area contributed by atoms with Crippen LogP contribution in [-0.4, -0.2) is 72.7 Å². The van der Waals surface area contributed by atoms with Gasteiger partial charge in [-0.25, -0.2) is 0 Å². The van der Waals surface area contributed by atoms with E-state index in [2.05, 4.69) is 22.0 Å². The molecule has 5 nitrogen and oxygen atoms in total. The molecule has 1 unspecified atom stereocenters. The fraction of sp³-hybridized carbons (Fsp3) is 0.923. The summed E-state index contributed by atoms with van der Waals surface area (Å²) >= 11 is 0. The fourth-order valence-electron chi connectivity index (χ4n) is 2.32. The number of rotatable bonds is 7. The summed E-state index contributed by atoms with van der Waals surface area (Å²) in [5.41, 5.74) is -0.786. The van der Waals surface area contributed by atoms with Crippen LogP contribution in [0.15, 0.2) is 0 Å². The smallest absolute Gasteiger partial charge is 0.323 e. The number of piperazine rings is 1. The van der Waals surface area contributed by atoms with Crippen molar-refractivity contribution in [3.05, 3.63) is 0 Å². The van der Waals surface area contributed by atoms with Gasteiger partial charge in [-0.15, -0.1) is 0 Å². The molecule has 0 aromatic carbocycles. The molecule has 1 rings (SSSR count). The van der Waals surface area contributed by atoms with Gasteiger partial charge in [0.15, 0.2) is 0 Å². The van der Waals surface area contributed by atoms with Crippen LogP contribution in [0.4, 0.5) is 0 Å². The molecule has 0 aliphatic carbocycles. The molecule has 0 amide bonds. The molecular formula is C13H27N3O2. The number of carbonyl (C=O) groups is 1. The van der Waals surface area contributed by atoms with Crippen LogP contribution in [-0.2, 0) is 4.79 Å². The Morgan fingerprint density at radius 3 is 2.28 bits per heavy atom. The molecule has 0 spiro atoms. The summed E-state index contributed by atoms with van der Waals surface area (Å²) in [6.07, 6.45) is 1.60. The molecule has 0 aromatic heterocycles. The first-order valence-corrected chi connectivity index (χ1v) is 6.89. The van der Waals surface area contributed by atoms with Gasteiger partial charge in [0, 0.05) is 26.2 Å². The third-order valence-electron chi connectivity index (χ3n) is 4.09. The molecule has 1 aliphatic heterocycles. The number of hydrogen-bond acceptors (Lipinski definition) is 4. The van der Waals surface area contributed by atoms with E-state index in [1.807, 2.05) is 0 Å². The van der Waals surface area contributed by atoms with Crippen molar-refractivity contribution in [2.45, 2.75) is 32.2 Å². The van der Waals surface area contributed by atoms with Crippen LogP contribution in [0.3, 0.4) is 0 Å². The van der Waals surface area contributed by atoms with E-state index in [0.717, 1.165) is 45.7 Å². The van der Waals surface area contributed by atoms with E-state index in [1.54, 1.807) is 14.0 Å². The zero-order valence-corrected chi connectivity index (χ0v) is 11.9. The van der Waals surface area contributed by atoms with Gasteiger partial charge in [0.1, 0.15) is 5.54 Å². The predicted molar refractivity (Wildman–Crippen MR) is 72.9 cm³/mol. The Morgan fingerprint density at radius 2 is 1.83 bits per heavy atom. The molecule has 5 heteroatoms. The first-order valence-electron chi connectivity index (χ1n) is 6.89. The molecule has 1 heterocycles. The number of nitrogens with zero attached hydrogens (tertiary/aromatic N) is 2. The number of hydrogen-bond donors (Lipinski definition) is 2. The highest BCUT2D eigenvalue weighted by Gasteiger charge is 2.30. The minimum absolute atomic E-state index is 0.673. The highest BCUT2D eigenvalue weighted by atomic mass is 16.4. The lowest BCUT2D eigenvalue weighted by molar-refractivity contribution is -0.144. The summed E-state index contributed by atoms with van der Waals surface area (Å²) in [6.45, 7) is 10.6. The molecular weight excluding hydrogens is 230 g/mol. The van der Waals surface area contributed by atoms with Gasteiger partial charge in [0.25, 0.3) is 0 Å². The lowest BCUT2D eigenvalue weighted by Gasteiger charge is -2.34. The molecule has 1 saturated heterocycles. The van der Waals surface area contributed by atoms with Crippen LogP contribution in [0, 0.1) is 0 Å². The summed E-state index contributed by atoms with van der Waals surface area (Å²) in [5.74, 6) is -0.763. The predicted octanol–water partition coefficient (Wildman–Crippen LogP) is 0.467. The fourth-order valence-corrected chi connectivity index (χ4v) is 2.32. The van der Waals surface area contributed by atoms with E-state index < -0.39 is 11.5 Å². The summed E-state index contributed by atoms with van der Waals surface area (Å²) in [4.78, 5) is 16.0. The van der Waals surface area contributed by atoms with Crippen molar-refractivity contribution >= 4 is 5.97 Å². The third kappa shape index (κ3) is 4.23. The zero-order chi connectivity index (χ0) is 13.6. The van der Waals surface area contributed by atoms with Gasteiger partial charge in [0.05, 0.1) is 0 Å². The van der Waals surface area contributed by atoms with Crippen LogP contribution in [0.25, 0.3) is 0 Å². The highest BCUT2D eigenvalue weighted by Crippen LogP contribution is 2.13. The number of carboxylic acids is 1. The second-order valence-corrected chi connectivity index (χ2v) is 5.27. The Bertz CT molecular complexity index is 265. The Balaban J connectivity index is 2.24. The van der Waals surface area contributed by atoms with E-state index in [1.165, 1.54) is 0 Å². The maximum absolute atomic E-state index is 11.1. The Kier molecular flexibility index (Phi) is 6.05. The lowest BCUT2D eigenvalue weighted by atomic mass is 9.96. The van der Waals surface area contributed by atoms with Crippen molar-refractivity contribution in [1.29, 1.82) is 0 Å². The molecule has 1 atom stereocenters. The van der Waals surface area contributed by atoms with E-state index in [-0.39, 0.29) is 0 Å². The number of nitrogens with one attached hydrogen (secondary N) is 1. The van der Waals surface area contributed by atoms with E-state index in [0.29, 0.717) is 6.42 Å². The topological polar surface area (TPSA) is 55.8 Å². The van der Waals surface area contributed by atoms with Crippen LogP contribution in [0.5, 0.6) is 0 Å². The van der Waals surface area contributed by atoms with Crippen molar-refractivity contribution in [2.75, 3.05) is 46.3 Å². The first-order chi connectivity index (χ1) is 8.51. The lowest BCUT2D eigenvalue weighted by Crippen LogP contribution is -2.49. The van der Waals surface area contributed by atoms with Gasteiger partial charge < -0.3 is 20.2 Å². The molecule has 1 fully saturated rings. The van der Waals surface area contributed by atoms with Gasteiger partial charge in [-0.05, 0) is 39.9 Å². The van der Waals surface area contributed by atoms with E-state index in [9.17, 15) is 4.79 Å². The molecule has 0 aromatic rings. The second kappa shape index (κ2) is 7.07. The second-order valence-electron chi connectivity index (χ2n) is 5.27. The number of likely N-dealkylation sites (N-methyl/N-ethyl adjacent to an activating group) is 2. The van der Waals surface area contributed by atoms with Crippen molar-refractivity contribution < 1.29 is 9.90 Å². The summed E-state index contributed by atoms with van der Waals surface area (Å²) in [7, 11) is 1.72. The molecule has 106 valence electrons. The summed E-state index contributed by atoms with van der Waals surface area (Å²) < 4.78 is 0. The van der Waals surface area contributed by atoms with Gasteiger partial charge in [0.2, 0.25) is 0 Å². The van der Waals surface area contributed by atoms with Crippen LogP contribution in [0.1, 0.15) is 26.7 Å². The normalized spacial score (nSPS) is 21.7. The molecule has 0 saturated carbocycles. The minimum atomic E-state index is -0.786. The number of aliphatic carboxylic acids is 1. The Morgan fingerprint density at radius 1 is 1.28 bits per heavy atom. The van der Waals surface area contributed by atoms with Crippen LogP contribution in [0.2, 0.25) is 0 Å². The zero-order valence-electron chi connectivity index (χ0n) is 11.9. The van der Waals surface area contributed by atoms with Crippen molar-refractivity contribution in [2.24, 2.45) is 0 Å². The van der Waals surface area contributed by atoms with Gasteiger partial charge in [-0.3, -0.25) is 4.79 Å². The quantitative estimate of drug-likeness (QED) is 0.694. The standard InChI is InChI=1S/C13H27N3O2/c1-4-15-8-10-16(11-9-15)7-5-6-13(2,14-3)12(17)18/h14H,4-11H2,1-3H3,(H,17,18). The maximum atomic E-state index is 11.1. The van der Waals surface area contributed by atoms with Crippen LogP contribution >= 0.6 is 0 Å². The number of carboxylic acid groups (broad SMARTS) is 1. The SMILES string of the molecule is CCN1CCN(CCCC(C)(NC)C(=O)O)CC1. The van der Waals surface area contributed by atoms with E-state index >= 15 is 0 Å². The van der Waals surface area contributed by atoms with Gasteiger partial charge in [-0.2, -0.15) is 0 Å². The average molecular weight is 257 g/mol. The Hall–Kier alpha value is -0.650.